The van der Waals surface area contributed by atoms with E-state index in [2.05, 4.69) is 0 Å². The molecule has 2 aromatic carbocycles. The number of ether oxygens (including phenoxy) is 1. The molecule has 5 nitrogen and oxygen atoms in total. The number of hydrogen-bond acceptors (Lipinski definition) is 4. The Hall–Kier alpha value is -2.41. The summed E-state index contributed by atoms with van der Waals surface area (Å²) in [5.74, 6) is -0.890. The van der Waals surface area contributed by atoms with Gasteiger partial charge in [0.2, 0.25) is 0 Å². The molecule has 1 aliphatic rings. The molecule has 0 bridgehead atoms. The fourth-order valence-electron chi connectivity index (χ4n) is 2.80. The Kier molecular flexibility index (Phi) is 5.03. The van der Waals surface area contributed by atoms with Crippen molar-refractivity contribution in [3.8, 4) is 5.75 Å². The number of sulfone groups is 1. The Balaban J connectivity index is 1.61. The fraction of sp³-hybridized carbons (Fsp3) is 0.278. The second-order valence-electron chi connectivity index (χ2n) is 5.83. The number of para-hydroxylation sites is 1. The highest BCUT2D eigenvalue weighted by molar-refractivity contribution is 7.92. The van der Waals surface area contributed by atoms with E-state index in [0.29, 0.717) is 13.0 Å². The van der Waals surface area contributed by atoms with Crippen LogP contribution in [0.5, 0.6) is 5.75 Å². The lowest BCUT2D eigenvalue weighted by atomic mass is 10.3. The Morgan fingerprint density at radius 3 is 2.52 bits per heavy atom. The number of hydrogen-bond donors (Lipinski definition) is 0. The first kappa shape index (κ1) is 17.4. The van der Waals surface area contributed by atoms with Crippen LogP contribution in [0.1, 0.15) is 6.42 Å². The molecule has 3 rings (SSSR count). The number of amides is 1. The number of nitrogens with zero attached hydrogens (tertiary/aromatic N) is 1. The van der Waals surface area contributed by atoms with Gasteiger partial charge >= 0.3 is 0 Å². The van der Waals surface area contributed by atoms with Crippen LogP contribution in [-0.2, 0) is 14.6 Å². The molecule has 1 saturated heterocycles. The molecule has 1 heterocycles. The number of carbonyl (C=O) groups excluding carboxylic acids is 1. The van der Waals surface area contributed by atoms with Crippen LogP contribution in [0.15, 0.2) is 59.5 Å². The van der Waals surface area contributed by atoms with E-state index >= 15 is 0 Å². The summed E-state index contributed by atoms with van der Waals surface area (Å²) in [6.07, 6.45) is 0.378. The maximum Gasteiger partial charge on any atom is 0.260 e. The third kappa shape index (κ3) is 3.82. The highest BCUT2D eigenvalue weighted by Crippen LogP contribution is 2.24. The highest BCUT2D eigenvalue weighted by atomic mass is 32.2. The van der Waals surface area contributed by atoms with Crippen molar-refractivity contribution in [2.75, 3.05) is 19.7 Å². The number of likely N-dealkylation sites (tertiary alicyclic amines) is 1. The number of halogens is 1. The van der Waals surface area contributed by atoms with E-state index in [-0.39, 0.29) is 29.7 Å². The van der Waals surface area contributed by atoms with E-state index in [0.717, 1.165) is 0 Å². The van der Waals surface area contributed by atoms with Gasteiger partial charge < -0.3 is 9.64 Å². The first-order valence-electron chi connectivity index (χ1n) is 7.92. The Morgan fingerprint density at radius 1 is 1.12 bits per heavy atom. The average Bonchev–Trinajstić information content (AvgIpc) is 3.12. The van der Waals surface area contributed by atoms with Crippen molar-refractivity contribution in [2.24, 2.45) is 0 Å². The average molecular weight is 363 g/mol. The summed E-state index contributed by atoms with van der Waals surface area (Å²) in [5.41, 5.74) is 0. The molecular weight excluding hydrogens is 345 g/mol. The summed E-state index contributed by atoms with van der Waals surface area (Å²) in [6.45, 7) is 0.145. The second kappa shape index (κ2) is 7.23. The van der Waals surface area contributed by atoms with Crippen LogP contribution in [0, 0.1) is 5.82 Å². The smallest absolute Gasteiger partial charge is 0.260 e. The van der Waals surface area contributed by atoms with Gasteiger partial charge in [0.25, 0.3) is 5.91 Å². The monoisotopic (exact) mass is 363 g/mol. The molecule has 1 atom stereocenters. The third-order valence-corrected chi connectivity index (χ3v) is 6.39. The topological polar surface area (TPSA) is 63.7 Å². The minimum atomic E-state index is -3.47. The van der Waals surface area contributed by atoms with E-state index in [1.165, 1.54) is 23.1 Å². The minimum Gasteiger partial charge on any atom is -0.481 e. The van der Waals surface area contributed by atoms with E-state index < -0.39 is 20.9 Å². The van der Waals surface area contributed by atoms with Gasteiger partial charge in [-0.25, -0.2) is 12.8 Å². The molecule has 0 unspecified atom stereocenters. The zero-order valence-corrected chi connectivity index (χ0v) is 14.3. The Morgan fingerprint density at radius 2 is 1.80 bits per heavy atom. The van der Waals surface area contributed by atoms with Crippen molar-refractivity contribution >= 4 is 15.7 Å². The summed E-state index contributed by atoms with van der Waals surface area (Å²) < 4.78 is 43.9. The Bertz CT molecular complexity index is 854. The highest BCUT2D eigenvalue weighted by Gasteiger charge is 2.36. The van der Waals surface area contributed by atoms with Crippen molar-refractivity contribution in [1.29, 1.82) is 0 Å². The molecule has 1 fully saturated rings. The SMILES string of the molecule is O=C(COc1ccccc1F)N1CC[C@H](S(=O)(=O)c2ccccc2)C1. The zero-order chi connectivity index (χ0) is 17.9. The van der Waals surface area contributed by atoms with Crippen LogP contribution < -0.4 is 4.74 Å². The van der Waals surface area contributed by atoms with Crippen LogP contribution >= 0.6 is 0 Å². The van der Waals surface area contributed by atoms with Gasteiger partial charge in [-0.2, -0.15) is 0 Å². The normalized spacial score (nSPS) is 17.5. The molecule has 0 radical (unpaired) electrons. The summed E-state index contributed by atoms with van der Waals surface area (Å²) in [7, 11) is -3.47. The van der Waals surface area contributed by atoms with E-state index in [9.17, 15) is 17.6 Å². The molecular formula is C18H18FNO4S. The summed E-state index contributed by atoms with van der Waals surface area (Å²) in [4.78, 5) is 13.9. The molecule has 132 valence electrons. The largest absolute Gasteiger partial charge is 0.481 e. The van der Waals surface area contributed by atoms with Crippen LogP contribution in [0.4, 0.5) is 4.39 Å². The van der Waals surface area contributed by atoms with Gasteiger partial charge in [0, 0.05) is 13.1 Å². The van der Waals surface area contributed by atoms with Gasteiger partial charge in [-0.15, -0.1) is 0 Å². The molecule has 25 heavy (non-hydrogen) atoms. The number of carbonyl (C=O) groups is 1. The van der Waals surface area contributed by atoms with Crippen LogP contribution in [-0.4, -0.2) is 44.2 Å². The molecule has 0 aliphatic carbocycles. The predicted molar refractivity (Wildman–Crippen MR) is 90.5 cm³/mol. The molecule has 2 aromatic rings. The van der Waals surface area contributed by atoms with E-state index in [1.807, 2.05) is 0 Å². The lowest BCUT2D eigenvalue weighted by Gasteiger charge is -2.17. The summed E-state index contributed by atoms with van der Waals surface area (Å²) in [6, 6.07) is 14.0. The van der Waals surface area contributed by atoms with Crippen molar-refractivity contribution in [1.82, 2.24) is 4.90 Å². The van der Waals surface area contributed by atoms with Crippen molar-refractivity contribution in [3.63, 3.8) is 0 Å². The molecule has 1 amide bonds. The van der Waals surface area contributed by atoms with Gasteiger partial charge in [0.1, 0.15) is 0 Å². The standard InChI is InChI=1S/C18H18FNO4S/c19-16-8-4-5-9-17(16)24-13-18(21)20-11-10-15(12-20)25(22,23)14-6-2-1-3-7-14/h1-9,15H,10-13H2/t15-/m0/s1. The maximum atomic E-state index is 13.5. The van der Waals surface area contributed by atoms with Gasteiger partial charge in [0.05, 0.1) is 10.1 Å². The zero-order valence-electron chi connectivity index (χ0n) is 13.5. The van der Waals surface area contributed by atoms with Gasteiger partial charge in [-0.3, -0.25) is 4.79 Å². The minimum absolute atomic E-state index is 0.00324. The summed E-state index contributed by atoms with van der Waals surface area (Å²) in [5, 5.41) is -0.632. The first-order valence-corrected chi connectivity index (χ1v) is 9.47. The molecule has 7 heteroatoms. The third-order valence-electron chi connectivity index (χ3n) is 4.20. The molecule has 0 N–H and O–H groups in total. The number of benzene rings is 2. The summed E-state index contributed by atoms with van der Waals surface area (Å²) >= 11 is 0. The van der Waals surface area contributed by atoms with Gasteiger partial charge in [0.15, 0.2) is 28.0 Å². The van der Waals surface area contributed by atoms with Gasteiger partial charge in [-0.1, -0.05) is 30.3 Å². The lowest BCUT2D eigenvalue weighted by molar-refractivity contribution is -0.132. The van der Waals surface area contributed by atoms with Gasteiger partial charge in [-0.05, 0) is 30.7 Å². The van der Waals surface area contributed by atoms with Crippen LogP contribution in [0.2, 0.25) is 0 Å². The van der Waals surface area contributed by atoms with Crippen molar-refractivity contribution in [3.05, 3.63) is 60.4 Å². The lowest BCUT2D eigenvalue weighted by Crippen LogP contribution is -2.35. The van der Waals surface area contributed by atoms with Crippen molar-refractivity contribution in [2.45, 2.75) is 16.6 Å². The molecule has 0 spiro atoms. The number of rotatable bonds is 5. The van der Waals surface area contributed by atoms with Crippen molar-refractivity contribution < 1.29 is 22.3 Å². The fourth-order valence-corrected chi connectivity index (χ4v) is 4.52. The van der Waals surface area contributed by atoms with Crippen LogP contribution in [0.3, 0.4) is 0 Å². The Labute approximate surface area is 145 Å². The molecule has 0 aromatic heterocycles. The quantitative estimate of drug-likeness (QED) is 0.818. The maximum absolute atomic E-state index is 13.5. The van der Waals surface area contributed by atoms with E-state index in [1.54, 1.807) is 36.4 Å². The molecule has 1 aliphatic heterocycles. The first-order chi connectivity index (χ1) is 12.0. The predicted octanol–water partition coefficient (Wildman–Crippen LogP) is 2.28. The molecule has 0 saturated carbocycles. The second-order valence-corrected chi connectivity index (χ2v) is 8.06. The van der Waals surface area contributed by atoms with Crippen LogP contribution in [0.25, 0.3) is 0 Å². The van der Waals surface area contributed by atoms with E-state index in [4.69, 9.17) is 4.74 Å².